The summed E-state index contributed by atoms with van der Waals surface area (Å²) in [5, 5.41) is 2.74. The van der Waals surface area contributed by atoms with E-state index in [2.05, 4.69) is 10.3 Å². The van der Waals surface area contributed by atoms with Crippen LogP contribution in [0.3, 0.4) is 0 Å². The lowest BCUT2D eigenvalue weighted by Gasteiger charge is -2.20. The number of carbonyl (C=O) groups excluding carboxylic acids is 1. The number of anilines is 1. The number of ether oxygens (including phenoxy) is 3. The number of aromatic nitrogens is 1. The SMILES string of the molecule is COc1cc2c(nc1C1OC=CO1)NC(=O)CC2. The van der Waals surface area contributed by atoms with E-state index in [9.17, 15) is 4.79 Å². The van der Waals surface area contributed by atoms with Crippen molar-refractivity contribution in [1.29, 1.82) is 0 Å². The van der Waals surface area contributed by atoms with Gasteiger partial charge in [-0.25, -0.2) is 4.98 Å². The van der Waals surface area contributed by atoms with Crippen LogP contribution in [-0.2, 0) is 20.7 Å². The van der Waals surface area contributed by atoms with Crippen LogP contribution in [-0.4, -0.2) is 18.0 Å². The minimum Gasteiger partial charge on any atom is -0.495 e. The number of carbonyl (C=O) groups is 1. The van der Waals surface area contributed by atoms with Crippen molar-refractivity contribution < 1.29 is 19.0 Å². The molecule has 0 atom stereocenters. The number of nitrogens with zero attached hydrogens (tertiary/aromatic N) is 1. The first-order valence-electron chi connectivity index (χ1n) is 5.61. The predicted molar refractivity (Wildman–Crippen MR) is 61.8 cm³/mol. The van der Waals surface area contributed by atoms with Gasteiger partial charge in [0.05, 0.1) is 7.11 Å². The Hall–Kier alpha value is -2.24. The number of hydrogen-bond acceptors (Lipinski definition) is 5. The first-order chi connectivity index (χ1) is 8.78. The van der Waals surface area contributed by atoms with Crippen molar-refractivity contribution in [3.05, 3.63) is 29.8 Å². The fraction of sp³-hybridized carbons (Fsp3) is 0.333. The van der Waals surface area contributed by atoms with Crippen LogP contribution >= 0.6 is 0 Å². The van der Waals surface area contributed by atoms with Crippen LogP contribution in [0.1, 0.15) is 24.0 Å². The van der Waals surface area contributed by atoms with Gasteiger partial charge in [0.15, 0.2) is 5.69 Å². The van der Waals surface area contributed by atoms with Gasteiger partial charge in [0.25, 0.3) is 6.29 Å². The Morgan fingerprint density at radius 3 is 2.89 bits per heavy atom. The first-order valence-corrected chi connectivity index (χ1v) is 5.61. The van der Waals surface area contributed by atoms with Gasteiger partial charge in [-0.3, -0.25) is 4.79 Å². The molecule has 0 saturated carbocycles. The Kier molecular flexibility index (Phi) is 2.55. The Bertz CT molecular complexity index is 519. The molecule has 6 nitrogen and oxygen atoms in total. The molecule has 1 amide bonds. The van der Waals surface area contributed by atoms with Gasteiger partial charge in [0.1, 0.15) is 24.1 Å². The van der Waals surface area contributed by atoms with Gasteiger partial charge in [-0.2, -0.15) is 0 Å². The van der Waals surface area contributed by atoms with Crippen LogP contribution in [0.4, 0.5) is 5.82 Å². The number of amides is 1. The summed E-state index contributed by atoms with van der Waals surface area (Å²) in [6.45, 7) is 0. The van der Waals surface area contributed by atoms with Crippen molar-refractivity contribution in [3.63, 3.8) is 0 Å². The van der Waals surface area contributed by atoms with Crippen molar-refractivity contribution in [3.8, 4) is 5.75 Å². The maximum absolute atomic E-state index is 11.4. The van der Waals surface area contributed by atoms with Crippen molar-refractivity contribution >= 4 is 11.7 Å². The largest absolute Gasteiger partial charge is 0.495 e. The van der Waals surface area contributed by atoms with E-state index < -0.39 is 6.29 Å². The van der Waals surface area contributed by atoms with E-state index in [0.29, 0.717) is 30.1 Å². The molecule has 0 saturated heterocycles. The summed E-state index contributed by atoms with van der Waals surface area (Å²) in [6, 6.07) is 1.86. The van der Waals surface area contributed by atoms with E-state index in [1.807, 2.05) is 6.07 Å². The number of fused-ring (bicyclic) bond motifs is 1. The molecule has 2 aliphatic heterocycles. The molecule has 2 aliphatic rings. The molecular weight excluding hydrogens is 236 g/mol. The lowest BCUT2D eigenvalue weighted by molar-refractivity contribution is -0.116. The average Bonchev–Trinajstić information content (AvgIpc) is 2.90. The lowest BCUT2D eigenvalue weighted by atomic mass is 10.1. The highest BCUT2D eigenvalue weighted by molar-refractivity contribution is 5.92. The molecule has 0 unspecified atom stereocenters. The minimum absolute atomic E-state index is 0.0301. The zero-order valence-corrected chi connectivity index (χ0v) is 9.80. The van der Waals surface area contributed by atoms with Crippen LogP contribution < -0.4 is 10.1 Å². The van der Waals surface area contributed by atoms with Crippen molar-refractivity contribution in [2.75, 3.05) is 12.4 Å². The standard InChI is InChI=1S/C12H12N2O4/c1-16-8-6-7-2-3-9(15)13-11(7)14-10(8)12-17-4-5-18-12/h4-6,12H,2-3H2,1H3,(H,13,14,15). The maximum Gasteiger partial charge on any atom is 0.287 e. The van der Waals surface area contributed by atoms with E-state index >= 15 is 0 Å². The second kappa shape index (κ2) is 4.21. The third-order valence-electron chi connectivity index (χ3n) is 2.88. The number of methoxy groups -OCH3 is 1. The molecule has 1 N–H and O–H groups in total. The number of nitrogens with one attached hydrogen (secondary N) is 1. The maximum atomic E-state index is 11.4. The highest BCUT2D eigenvalue weighted by Crippen LogP contribution is 2.34. The molecule has 3 rings (SSSR count). The third-order valence-corrected chi connectivity index (χ3v) is 2.88. The Morgan fingerprint density at radius 1 is 1.39 bits per heavy atom. The second-order valence-corrected chi connectivity index (χ2v) is 4.01. The molecule has 1 aromatic heterocycles. The molecule has 0 spiro atoms. The van der Waals surface area contributed by atoms with Gasteiger partial charge in [0.2, 0.25) is 5.91 Å². The summed E-state index contributed by atoms with van der Waals surface area (Å²) in [7, 11) is 1.57. The topological polar surface area (TPSA) is 69.7 Å². The average molecular weight is 248 g/mol. The molecule has 1 aromatic rings. The minimum atomic E-state index is -0.621. The summed E-state index contributed by atoms with van der Waals surface area (Å²) >= 11 is 0. The van der Waals surface area contributed by atoms with Crippen molar-refractivity contribution in [2.24, 2.45) is 0 Å². The van der Waals surface area contributed by atoms with E-state index in [4.69, 9.17) is 14.2 Å². The fourth-order valence-electron chi connectivity index (χ4n) is 1.99. The predicted octanol–water partition coefficient (Wildman–Crippen LogP) is 1.49. The molecule has 18 heavy (non-hydrogen) atoms. The van der Waals surface area contributed by atoms with Crippen LogP contribution in [0.15, 0.2) is 18.6 Å². The highest BCUT2D eigenvalue weighted by atomic mass is 16.7. The third kappa shape index (κ3) is 1.75. The Morgan fingerprint density at radius 2 is 2.17 bits per heavy atom. The monoisotopic (exact) mass is 248 g/mol. The molecule has 0 aromatic carbocycles. The van der Waals surface area contributed by atoms with E-state index in [1.54, 1.807) is 7.11 Å². The first kappa shape index (κ1) is 10.9. The molecule has 0 bridgehead atoms. The normalized spacial score (nSPS) is 17.7. The van der Waals surface area contributed by atoms with E-state index in [-0.39, 0.29) is 5.91 Å². The summed E-state index contributed by atoms with van der Waals surface area (Å²) < 4.78 is 15.8. The van der Waals surface area contributed by atoms with Crippen LogP contribution in [0, 0.1) is 0 Å². The number of pyridine rings is 1. The summed E-state index contributed by atoms with van der Waals surface area (Å²) in [5.41, 5.74) is 1.48. The van der Waals surface area contributed by atoms with E-state index in [1.165, 1.54) is 12.5 Å². The van der Waals surface area contributed by atoms with E-state index in [0.717, 1.165) is 5.56 Å². The van der Waals surface area contributed by atoms with Crippen molar-refractivity contribution in [2.45, 2.75) is 19.1 Å². The summed E-state index contributed by atoms with van der Waals surface area (Å²) in [4.78, 5) is 15.7. The molecule has 0 fully saturated rings. The number of hydrogen-bond donors (Lipinski definition) is 1. The molecule has 6 heteroatoms. The van der Waals surface area contributed by atoms with Gasteiger partial charge in [-0.15, -0.1) is 0 Å². The van der Waals surface area contributed by atoms with Gasteiger partial charge in [-0.1, -0.05) is 0 Å². The molecule has 0 aliphatic carbocycles. The zero-order chi connectivity index (χ0) is 12.5. The highest BCUT2D eigenvalue weighted by Gasteiger charge is 2.26. The Balaban J connectivity index is 2.01. The zero-order valence-electron chi connectivity index (χ0n) is 9.80. The molecule has 0 radical (unpaired) electrons. The van der Waals surface area contributed by atoms with Gasteiger partial charge < -0.3 is 19.5 Å². The van der Waals surface area contributed by atoms with Crippen LogP contribution in [0.2, 0.25) is 0 Å². The lowest BCUT2D eigenvalue weighted by Crippen LogP contribution is -2.21. The van der Waals surface area contributed by atoms with Gasteiger partial charge in [-0.05, 0) is 18.1 Å². The molecule has 3 heterocycles. The van der Waals surface area contributed by atoms with Gasteiger partial charge in [0, 0.05) is 6.42 Å². The van der Waals surface area contributed by atoms with Crippen molar-refractivity contribution in [1.82, 2.24) is 4.98 Å². The number of rotatable bonds is 2. The smallest absolute Gasteiger partial charge is 0.287 e. The number of aryl methyl sites for hydroxylation is 1. The molecule has 94 valence electrons. The summed E-state index contributed by atoms with van der Waals surface area (Å²) in [5.74, 6) is 1.12. The van der Waals surface area contributed by atoms with Crippen LogP contribution in [0.25, 0.3) is 0 Å². The Labute approximate surface area is 104 Å². The quantitative estimate of drug-likeness (QED) is 0.858. The fourth-order valence-corrected chi connectivity index (χ4v) is 1.99. The van der Waals surface area contributed by atoms with Crippen LogP contribution in [0.5, 0.6) is 5.75 Å². The molecular formula is C12H12N2O4. The van der Waals surface area contributed by atoms with Gasteiger partial charge >= 0.3 is 0 Å². The summed E-state index contributed by atoms with van der Waals surface area (Å²) in [6.07, 6.45) is 3.40. The second-order valence-electron chi connectivity index (χ2n) is 4.01.